The fourth-order valence-electron chi connectivity index (χ4n) is 2.98. The SMILES string of the molecule is Cc1cccc(OC(C)(C)c2cccc(Nc3ncn(C4CC4)n3)c2)c1. The van der Waals surface area contributed by atoms with E-state index < -0.39 is 5.60 Å². The number of anilines is 2. The molecule has 1 fully saturated rings. The molecule has 26 heavy (non-hydrogen) atoms. The van der Waals surface area contributed by atoms with E-state index in [4.69, 9.17) is 4.74 Å². The molecule has 0 amide bonds. The van der Waals surface area contributed by atoms with E-state index in [0.717, 1.165) is 17.0 Å². The molecule has 1 aliphatic rings. The van der Waals surface area contributed by atoms with Crippen molar-refractivity contribution in [2.45, 2.75) is 45.3 Å². The predicted molar refractivity (Wildman–Crippen MR) is 103 cm³/mol. The van der Waals surface area contributed by atoms with Crippen molar-refractivity contribution in [2.75, 3.05) is 5.32 Å². The second-order valence-corrected chi connectivity index (χ2v) is 7.41. The minimum atomic E-state index is -0.452. The number of nitrogens with one attached hydrogen (secondary N) is 1. The number of rotatable bonds is 6. The molecule has 0 atom stereocenters. The molecule has 0 aliphatic heterocycles. The molecule has 0 spiro atoms. The number of nitrogens with zero attached hydrogens (tertiary/aromatic N) is 3. The van der Waals surface area contributed by atoms with Gasteiger partial charge in [0.05, 0.1) is 6.04 Å². The van der Waals surface area contributed by atoms with E-state index in [9.17, 15) is 0 Å². The summed E-state index contributed by atoms with van der Waals surface area (Å²) in [7, 11) is 0. The summed E-state index contributed by atoms with van der Waals surface area (Å²) in [6.07, 6.45) is 4.19. The van der Waals surface area contributed by atoms with Gasteiger partial charge in [-0.05, 0) is 69.0 Å². The Labute approximate surface area is 154 Å². The van der Waals surface area contributed by atoms with Crippen molar-refractivity contribution >= 4 is 11.6 Å². The molecule has 3 aromatic rings. The summed E-state index contributed by atoms with van der Waals surface area (Å²) in [4.78, 5) is 4.35. The highest BCUT2D eigenvalue weighted by Crippen LogP contribution is 2.34. The first-order valence-electron chi connectivity index (χ1n) is 9.04. The highest BCUT2D eigenvalue weighted by Gasteiger charge is 2.25. The zero-order valence-electron chi connectivity index (χ0n) is 15.4. The van der Waals surface area contributed by atoms with Gasteiger partial charge in [-0.1, -0.05) is 24.3 Å². The van der Waals surface area contributed by atoms with Crippen molar-refractivity contribution < 1.29 is 4.74 Å². The summed E-state index contributed by atoms with van der Waals surface area (Å²) >= 11 is 0. The first-order valence-corrected chi connectivity index (χ1v) is 9.04. The van der Waals surface area contributed by atoms with Gasteiger partial charge in [0, 0.05) is 5.69 Å². The number of hydrogen-bond acceptors (Lipinski definition) is 4. The van der Waals surface area contributed by atoms with Crippen LogP contribution in [0.3, 0.4) is 0 Å². The molecule has 2 aromatic carbocycles. The molecule has 1 saturated carbocycles. The number of benzene rings is 2. The number of hydrogen-bond donors (Lipinski definition) is 1. The Morgan fingerprint density at radius 3 is 2.69 bits per heavy atom. The average Bonchev–Trinajstić information content (AvgIpc) is 3.35. The summed E-state index contributed by atoms with van der Waals surface area (Å²) in [5.41, 5.74) is 2.78. The summed E-state index contributed by atoms with van der Waals surface area (Å²) in [6.45, 7) is 6.22. The van der Waals surface area contributed by atoms with Crippen LogP contribution in [0.15, 0.2) is 54.9 Å². The quantitative estimate of drug-likeness (QED) is 0.682. The second-order valence-electron chi connectivity index (χ2n) is 7.41. The van der Waals surface area contributed by atoms with Crippen molar-refractivity contribution in [3.05, 3.63) is 66.0 Å². The van der Waals surface area contributed by atoms with E-state index in [1.165, 1.54) is 18.4 Å². The highest BCUT2D eigenvalue weighted by molar-refractivity contribution is 5.54. The standard InChI is InChI=1S/C21H24N4O/c1-15-6-4-9-19(12-15)26-21(2,3)16-7-5-8-17(13-16)23-20-22-14-25(24-20)18-10-11-18/h4-9,12-14,18H,10-11H2,1-3H3,(H,23,24). The van der Waals surface area contributed by atoms with Crippen LogP contribution in [-0.4, -0.2) is 14.8 Å². The molecule has 0 saturated heterocycles. The molecule has 134 valence electrons. The third kappa shape index (κ3) is 3.72. The Hall–Kier alpha value is -2.82. The summed E-state index contributed by atoms with van der Waals surface area (Å²) < 4.78 is 8.20. The summed E-state index contributed by atoms with van der Waals surface area (Å²) in [5, 5.41) is 7.79. The number of aryl methyl sites for hydroxylation is 1. The van der Waals surface area contributed by atoms with Gasteiger partial charge in [-0.15, -0.1) is 5.10 Å². The Morgan fingerprint density at radius 1 is 1.12 bits per heavy atom. The number of ether oxygens (including phenoxy) is 1. The van der Waals surface area contributed by atoms with Crippen LogP contribution < -0.4 is 10.1 Å². The van der Waals surface area contributed by atoms with Gasteiger partial charge in [0.1, 0.15) is 17.7 Å². The monoisotopic (exact) mass is 348 g/mol. The molecular weight excluding hydrogens is 324 g/mol. The molecule has 1 heterocycles. The Balaban J connectivity index is 1.51. The first-order chi connectivity index (χ1) is 12.5. The lowest BCUT2D eigenvalue weighted by Crippen LogP contribution is -2.25. The molecule has 1 N–H and O–H groups in total. The number of aromatic nitrogens is 3. The van der Waals surface area contributed by atoms with Gasteiger partial charge < -0.3 is 10.1 Å². The smallest absolute Gasteiger partial charge is 0.246 e. The topological polar surface area (TPSA) is 52.0 Å². The molecule has 0 radical (unpaired) electrons. The molecule has 0 bridgehead atoms. The van der Waals surface area contributed by atoms with Gasteiger partial charge in [-0.25, -0.2) is 9.67 Å². The minimum absolute atomic E-state index is 0.452. The van der Waals surface area contributed by atoms with Crippen molar-refractivity contribution in [1.82, 2.24) is 14.8 Å². The zero-order chi connectivity index (χ0) is 18.1. The van der Waals surface area contributed by atoms with Crippen LogP contribution in [0.2, 0.25) is 0 Å². The maximum Gasteiger partial charge on any atom is 0.246 e. The molecule has 1 aromatic heterocycles. The van der Waals surface area contributed by atoms with Gasteiger partial charge in [-0.2, -0.15) is 0 Å². The van der Waals surface area contributed by atoms with Crippen LogP contribution in [0.1, 0.15) is 43.9 Å². The van der Waals surface area contributed by atoms with Crippen molar-refractivity contribution in [2.24, 2.45) is 0 Å². The molecular formula is C21H24N4O. The second kappa shape index (κ2) is 6.48. The largest absolute Gasteiger partial charge is 0.483 e. The lowest BCUT2D eigenvalue weighted by atomic mass is 9.97. The predicted octanol–water partition coefficient (Wildman–Crippen LogP) is 4.98. The third-order valence-corrected chi connectivity index (χ3v) is 4.61. The van der Waals surface area contributed by atoms with E-state index in [2.05, 4.69) is 60.4 Å². The van der Waals surface area contributed by atoms with E-state index in [1.807, 2.05) is 28.9 Å². The molecule has 4 rings (SSSR count). The highest BCUT2D eigenvalue weighted by atomic mass is 16.5. The summed E-state index contributed by atoms with van der Waals surface area (Å²) in [5.74, 6) is 1.50. The van der Waals surface area contributed by atoms with Crippen molar-refractivity contribution in [3.8, 4) is 5.75 Å². The Bertz CT molecular complexity index is 912. The van der Waals surface area contributed by atoms with E-state index in [1.54, 1.807) is 6.33 Å². The van der Waals surface area contributed by atoms with E-state index in [0.29, 0.717) is 12.0 Å². The van der Waals surface area contributed by atoms with Gasteiger partial charge in [0.2, 0.25) is 5.95 Å². The maximum atomic E-state index is 6.25. The maximum absolute atomic E-state index is 6.25. The lowest BCUT2D eigenvalue weighted by molar-refractivity contribution is 0.109. The molecule has 0 unspecified atom stereocenters. The van der Waals surface area contributed by atoms with Crippen LogP contribution in [0, 0.1) is 6.92 Å². The fourth-order valence-corrected chi connectivity index (χ4v) is 2.98. The van der Waals surface area contributed by atoms with Gasteiger partial charge in [-0.3, -0.25) is 0 Å². The lowest BCUT2D eigenvalue weighted by Gasteiger charge is -2.27. The Morgan fingerprint density at radius 2 is 1.92 bits per heavy atom. The molecule has 5 nitrogen and oxygen atoms in total. The first kappa shape index (κ1) is 16.6. The third-order valence-electron chi connectivity index (χ3n) is 4.61. The molecule has 1 aliphatic carbocycles. The average molecular weight is 348 g/mol. The normalized spacial score (nSPS) is 14.3. The van der Waals surface area contributed by atoms with E-state index in [-0.39, 0.29) is 0 Å². The van der Waals surface area contributed by atoms with Crippen LogP contribution in [0.5, 0.6) is 5.75 Å². The van der Waals surface area contributed by atoms with Crippen LogP contribution >= 0.6 is 0 Å². The van der Waals surface area contributed by atoms with Gasteiger partial charge >= 0.3 is 0 Å². The van der Waals surface area contributed by atoms with E-state index >= 15 is 0 Å². The summed E-state index contributed by atoms with van der Waals surface area (Å²) in [6, 6.07) is 16.9. The fraction of sp³-hybridized carbons (Fsp3) is 0.333. The van der Waals surface area contributed by atoms with Crippen LogP contribution in [0.25, 0.3) is 0 Å². The Kier molecular flexibility index (Phi) is 4.15. The zero-order valence-corrected chi connectivity index (χ0v) is 15.4. The van der Waals surface area contributed by atoms with Crippen molar-refractivity contribution in [1.29, 1.82) is 0 Å². The van der Waals surface area contributed by atoms with Gasteiger partial charge in [0.15, 0.2) is 0 Å². The van der Waals surface area contributed by atoms with Gasteiger partial charge in [0.25, 0.3) is 0 Å². The minimum Gasteiger partial charge on any atom is -0.483 e. The molecule has 5 heteroatoms. The van der Waals surface area contributed by atoms with Crippen LogP contribution in [0.4, 0.5) is 11.6 Å². The van der Waals surface area contributed by atoms with Crippen LogP contribution in [-0.2, 0) is 5.60 Å². The van der Waals surface area contributed by atoms with Crippen molar-refractivity contribution in [3.63, 3.8) is 0 Å².